The fourth-order valence-electron chi connectivity index (χ4n) is 2.97. The van der Waals surface area contributed by atoms with Gasteiger partial charge in [0.05, 0.1) is 4.90 Å². The molecule has 0 aliphatic carbocycles. The Labute approximate surface area is 156 Å². The average molecular weight is 384 g/mol. The van der Waals surface area contributed by atoms with E-state index in [2.05, 4.69) is 4.72 Å². The van der Waals surface area contributed by atoms with Crippen LogP contribution in [-0.2, 0) is 10.0 Å². The quantitative estimate of drug-likeness (QED) is 0.518. The molecule has 2 N–H and O–H groups in total. The summed E-state index contributed by atoms with van der Waals surface area (Å²) in [5.41, 5.74) is -1.42. The van der Waals surface area contributed by atoms with Crippen LogP contribution in [0.3, 0.4) is 0 Å². The van der Waals surface area contributed by atoms with E-state index >= 15 is 4.39 Å². The van der Waals surface area contributed by atoms with Crippen molar-refractivity contribution in [1.82, 2.24) is 4.72 Å². The molecular weight excluding hydrogens is 353 g/mol. The van der Waals surface area contributed by atoms with Gasteiger partial charge in [-0.1, -0.05) is 44.2 Å². The highest BCUT2D eigenvalue weighted by Gasteiger charge is 2.58. The van der Waals surface area contributed by atoms with Crippen LogP contribution in [0.5, 0.6) is 0 Å². The molecule has 0 unspecified atom stereocenters. The zero-order chi connectivity index (χ0) is 20.2. The zero-order valence-electron chi connectivity index (χ0n) is 16.4. The molecule has 1 rings (SSSR count). The number of halogens is 1. The largest absolute Gasteiger partial charge is 0.376 e. The van der Waals surface area contributed by atoms with E-state index in [0.29, 0.717) is 17.6 Å². The van der Waals surface area contributed by atoms with Gasteiger partial charge in [-0.15, -0.1) is 0 Å². The normalized spacial score (nSPS) is 19.5. The zero-order valence-corrected chi connectivity index (χ0v) is 17.2. The van der Waals surface area contributed by atoms with Crippen LogP contribution in [0.4, 0.5) is 4.39 Å². The van der Waals surface area contributed by atoms with Crippen molar-refractivity contribution in [2.24, 2.45) is 5.92 Å². The fraction of sp³-hybridized carbons (Fsp3) is 0.500. The summed E-state index contributed by atoms with van der Waals surface area (Å²) < 4.78 is 44.3. The Morgan fingerprint density at radius 2 is 1.65 bits per heavy atom. The molecule has 0 saturated heterocycles. The SMILES string of the molecule is C/C=C(\C)C(O)(/C(C)=C/C)[C@](F)(NS(=O)(=O)c1ccccc1)[C@@H](C)CC. The van der Waals surface area contributed by atoms with Gasteiger partial charge in [0.25, 0.3) is 0 Å². The second-order valence-electron chi connectivity index (χ2n) is 6.59. The molecule has 2 atom stereocenters. The first-order valence-corrected chi connectivity index (χ1v) is 10.3. The Hall–Kier alpha value is -1.50. The molecule has 0 bridgehead atoms. The first kappa shape index (κ1) is 22.5. The van der Waals surface area contributed by atoms with Crippen molar-refractivity contribution < 1.29 is 17.9 Å². The third kappa shape index (κ3) is 3.92. The lowest BCUT2D eigenvalue weighted by molar-refractivity contribution is -0.0926. The molecule has 0 aromatic heterocycles. The summed E-state index contributed by atoms with van der Waals surface area (Å²) in [4.78, 5) is -0.0519. The monoisotopic (exact) mass is 383 g/mol. The number of nitrogens with one attached hydrogen (secondary N) is 1. The van der Waals surface area contributed by atoms with Crippen LogP contribution in [0.15, 0.2) is 58.5 Å². The maximum Gasteiger partial charge on any atom is 0.243 e. The Balaban J connectivity index is 3.66. The summed E-state index contributed by atoms with van der Waals surface area (Å²) >= 11 is 0. The van der Waals surface area contributed by atoms with Gasteiger partial charge in [-0.3, -0.25) is 0 Å². The van der Waals surface area contributed by atoms with Gasteiger partial charge in [-0.05, 0) is 57.4 Å². The minimum atomic E-state index is -4.18. The van der Waals surface area contributed by atoms with Crippen LogP contribution in [0.25, 0.3) is 0 Å². The van der Waals surface area contributed by atoms with E-state index in [4.69, 9.17) is 0 Å². The highest BCUT2D eigenvalue weighted by atomic mass is 32.2. The van der Waals surface area contributed by atoms with Crippen LogP contribution >= 0.6 is 0 Å². The molecule has 0 amide bonds. The van der Waals surface area contributed by atoms with E-state index in [1.165, 1.54) is 12.1 Å². The van der Waals surface area contributed by atoms with Crippen molar-refractivity contribution in [2.75, 3.05) is 0 Å². The molecule has 26 heavy (non-hydrogen) atoms. The van der Waals surface area contributed by atoms with Gasteiger partial charge >= 0.3 is 0 Å². The van der Waals surface area contributed by atoms with Crippen molar-refractivity contribution in [3.63, 3.8) is 0 Å². The number of allylic oxidation sites excluding steroid dienone is 2. The summed E-state index contributed by atoms with van der Waals surface area (Å²) in [6, 6.07) is 7.60. The summed E-state index contributed by atoms with van der Waals surface area (Å²) in [5.74, 6) is -3.40. The minimum absolute atomic E-state index is 0.0519. The van der Waals surface area contributed by atoms with Crippen molar-refractivity contribution in [3.05, 3.63) is 53.6 Å². The number of sulfonamides is 1. The van der Waals surface area contributed by atoms with Crippen molar-refractivity contribution in [1.29, 1.82) is 0 Å². The Morgan fingerprint density at radius 3 is 2.04 bits per heavy atom. The van der Waals surface area contributed by atoms with Crippen molar-refractivity contribution in [2.45, 2.75) is 64.3 Å². The van der Waals surface area contributed by atoms with Gasteiger partial charge in [-0.2, -0.15) is 4.72 Å². The number of aliphatic hydroxyl groups is 1. The lowest BCUT2D eigenvalue weighted by atomic mass is 9.73. The van der Waals surface area contributed by atoms with E-state index in [0.717, 1.165) is 0 Å². The smallest absolute Gasteiger partial charge is 0.243 e. The molecule has 146 valence electrons. The van der Waals surface area contributed by atoms with Crippen LogP contribution < -0.4 is 4.72 Å². The molecule has 1 aromatic carbocycles. The molecule has 0 aliphatic rings. The highest BCUT2D eigenvalue weighted by molar-refractivity contribution is 7.89. The summed E-state index contributed by atoms with van der Waals surface area (Å²) in [7, 11) is -4.18. The number of hydrogen-bond donors (Lipinski definition) is 2. The van der Waals surface area contributed by atoms with Crippen LogP contribution in [-0.4, -0.2) is 24.9 Å². The molecule has 1 aromatic rings. The standard InChI is InChI=1S/C20H30FNO3S/c1-7-15(4)19(23,16(5)8-2)20(21,17(6)9-3)22-26(24,25)18-13-11-10-12-14-18/h7-8,10-14,17,22-23H,9H2,1-6H3/b15-7+,16-8+/t17-,20+/m0/s1. The van der Waals surface area contributed by atoms with E-state index in [-0.39, 0.29) is 4.90 Å². The molecular formula is C20H30FNO3S. The van der Waals surface area contributed by atoms with Crippen LogP contribution in [0.1, 0.15) is 48.0 Å². The third-order valence-corrected chi connectivity index (χ3v) is 6.62. The Bertz CT molecular complexity index is 754. The first-order chi connectivity index (χ1) is 12.0. The highest BCUT2D eigenvalue weighted by Crippen LogP contribution is 2.44. The second kappa shape index (κ2) is 8.46. The summed E-state index contributed by atoms with van der Waals surface area (Å²) in [5, 5.41) is 11.4. The Kier molecular flexibility index (Phi) is 7.33. The van der Waals surface area contributed by atoms with Gasteiger partial charge < -0.3 is 5.11 Å². The maximum atomic E-state index is 16.5. The van der Waals surface area contributed by atoms with E-state index in [1.807, 2.05) is 0 Å². The minimum Gasteiger partial charge on any atom is -0.376 e. The third-order valence-electron chi connectivity index (χ3n) is 5.16. The fourth-order valence-corrected chi connectivity index (χ4v) is 4.34. The van der Waals surface area contributed by atoms with E-state index in [9.17, 15) is 13.5 Å². The molecule has 0 spiro atoms. The number of hydrogen-bond acceptors (Lipinski definition) is 3. The topological polar surface area (TPSA) is 66.4 Å². The molecule has 0 radical (unpaired) electrons. The van der Waals surface area contributed by atoms with Gasteiger partial charge in [0.1, 0.15) is 0 Å². The second-order valence-corrected chi connectivity index (χ2v) is 8.28. The predicted molar refractivity (Wildman–Crippen MR) is 104 cm³/mol. The number of alkyl halides is 1. The molecule has 0 saturated carbocycles. The van der Waals surface area contributed by atoms with Crippen LogP contribution in [0.2, 0.25) is 0 Å². The van der Waals surface area contributed by atoms with Gasteiger partial charge in [0.2, 0.25) is 15.8 Å². The predicted octanol–water partition coefficient (Wildman–Crippen LogP) is 4.34. The number of benzene rings is 1. The molecule has 0 aliphatic heterocycles. The maximum absolute atomic E-state index is 16.5. The Morgan fingerprint density at radius 1 is 1.19 bits per heavy atom. The van der Waals surface area contributed by atoms with Gasteiger partial charge in [0, 0.05) is 5.92 Å². The van der Waals surface area contributed by atoms with Gasteiger partial charge in [-0.25, -0.2) is 12.8 Å². The van der Waals surface area contributed by atoms with Gasteiger partial charge in [0.15, 0.2) is 5.60 Å². The molecule has 4 nitrogen and oxygen atoms in total. The first-order valence-electron chi connectivity index (χ1n) is 8.78. The van der Waals surface area contributed by atoms with E-state index in [1.54, 1.807) is 71.9 Å². The summed E-state index contributed by atoms with van der Waals surface area (Å²) in [6.07, 6.45) is 3.53. The van der Waals surface area contributed by atoms with Crippen LogP contribution in [0, 0.1) is 5.92 Å². The molecule has 6 heteroatoms. The number of rotatable bonds is 8. The van der Waals surface area contributed by atoms with Crippen molar-refractivity contribution >= 4 is 10.0 Å². The molecule has 0 fully saturated rings. The molecule has 0 heterocycles. The van der Waals surface area contributed by atoms with E-state index < -0.39 is 27.3 Å². The average Bonchev–Trinajstić information content (AvgIpc) is 2.65. The summed E-state index contributed by atoms with van der Waals surface area (Å²) in [6.45, 7) is 9.91. The lowest BCUT2D eigenvalue weighted by Crippen LogP contribution is -2.65. The lowest BCUT2D eigenvalue weighted by Gasteiger charge is -2.46. The van der Waals surface area contributed by atoms with Crippen molar-refractivity contribution in [3.8, 4) is 0 Å².